The molecule has 25 heavy (non-hydrogen) atoms. The Bertz CT molecular complexity index is 986. The summed E-state index contributed by atoms with van der Waals surface area (Å²) in [5.74, 6) is 0.383. The number of nitrogens with zero attached hydrogens (tertiary/aromatic N) is 2. The molecule has 0 saturated carbocycles. The first-order chi connectivity index (χ1) is 12.0. The van der Waals surface area contributed by atoms with Gasteiger partial charge in [0.15, 0.2) is 0 Å². The van der Waals surface area contributed by atoms with Crippen molar-refractivity contribution in [2.75, 3.05) is 4.72 Å². The van der Waals surface area contributed by atoms with Gasteiger partial charge in [0.1, 0.15) is 11.6 Å². The van der Waals surface area contributed by atoms with Crippen LogP contribution in [-0.2, 0) is 10.0 Å². The van der Waals surface area contributed by atoms with Crippen molar-refractivity contribution < 1.29 is 13.5 Å². The first kappa shape index (κ1) is 16.7. The lowest BCUT2D eigenvalue weighted by atomic mass is 10.2. The predicted octanol–water partition coefficient (Wildman–Crippen LogP) is 3.34. The number of para-hydroxylation sites is 1. The Balaban J connectivity index is 1.77. The number of aromatic nitrogens is 1. The first-order valence-corrected chi connectivity index (χ1v) is 8.89. The topological polar surface area (TPSA) is 91.7 Å². The molecule has 0 unspecified atom stereocenters. The Morgan fingerprint density at radius 2 is 1.68 bits per heavy atom. The summed E-state index contributed by atoms with van der Waals surface area (Å²) in [6, 6.07) is 17.9. The highest BCUT2D eigenvalue weighted by Gasteiger charge is 2.14. The third-order valence-electron chi connectivity index (χ3n) is 3.34. The molecule has 0 atom stereocenters. The standard InChI is InChI=1S/C18H15N3O3S/c22-17-6-2-1-5-14(17)13-20-15-8-10-16(11-9-15)25(23,24)21-18-7-3-4-12-19-18/h1-13,22H,(H,19,21). The van der Waals surface area contributed by atoms with Gasteiger partial charge in [-0.25, -0.2) is 13.4 Å². The van der Waals surface area contributed by atoms with Crippen LogP contribution in [0.5, 0.6) is 5.75 Å². The summed E-state index contributed by atoms with van der Waals surface area (Å²) in [4.78, 5) is 8.28. The van der Waals surface area contributed by atoms with Crippen LogP contribution in [0.2, 0.25) is 0 Å². The van der Waals surface area contributed by atoms with E-state index in [4.69, 9.17) is 0 Å². The Kier molecular flexibility index (Phi) is 4.76. The van der Waals surface area contributed by atoms with Crippen molar-refractivity contribution in [3.05, 3.63) is 78.5 Å². The second-order valence-electron chi connectivity index (χ2n) is 5.13. The molecular formula is C18H15N3O3S. The molecule has 0 saturated heterocycles. The van der Waals surface area contributed by atoms with E-state index >= 15 is 0 Å². The van der Waals surface area contributed by atoms with E-state index in [2.05, 4.69) is 14.7 Å². The average molecular weight is 353 g/mol. The maximum atomic E-state index is 12.3. The van der Waals surface area contributed by atoms with Crippen LogP contribution in [0.15, 0.2) is 82.8 Å². The van der Waals surface area contributed by atoms with Crippen LogP contribution in [0.1, 0.15) is 5.56 Å². The van der Waals surface area contributed by atoms with Gasteiger partial charge in [0.2, 0.25) is 0 Å². The van der Waals surface area contributed by atoms with Crippen LogP contribution in [0.4, 0.5) is 11.5 Å². The molecule has 1 heterocycles. The van der Waals surface area contributed by atoms with Crippen LogP contribution < -0.4 is 4.72 Å². The molecule has 2 aromatic carbocycles. The molecule has 0 aliphatic carbocycles. The van der Waals surface area contributed by atoms with Gasteiger partial charge in [-0.1, -0.05) is 18.2 Å². The molecule has 6 nitrogen and oxygen atoms in total. The normalized spacial score (nSPS) is 11.5. The number of hydrogen-bond acceptors (Lipinski definition) is 5. The molecule has 126 valence electrons. The number of aromatic hydroxyl groups is 1. The lowest BCUT2D eigenvalue weighted by Gasteiger charge is -2.07. The zero-order chi connectivity index (χ0) is 17.7. The fourth-order valence-corrected chi connectivity index (χ4v) is 3.08. The molecule has 3 rings (SSSR count). The van der Waals surface area contributed by atoms with Crippen LogP contribution in [-0.4, -0.2) is 24.7 Å². The van der Waals surface area contributed by atoms with Crippen LogP contribution in [0.3, 0.4) is 0 Å². The molecule has 0 bridgehead atoms. The minimum absolute atomic E-state index is 0.111. The number of phenolic OH excluding ortho intramolecular Hbond substituents is 1. The lowest BCUT2D eigenvalue weighted by molar-refractivity contribution is 0.474. The Labute approximate surface area is 145 Å². The van der Waals surface area contributed by atoms with Gasteiger partial charge < -0.3 is 5.11 Å². The highest BCUT2D eigenvalue weighted by Crippen LogP contribution is 2.20. The molecule has 0 aliphatic heterocycles. The number of aliphatic imine (C=N–C) groups is 1. The van der Waals surface area contributed by atoms with Gasteiger partial charge in [0.05, 0.1) is 10.6 Å². The monoisotopic (exact) mass is 353 g/mol. The van der Waals surface area contributed by atoms with Gasteiger partial charge in [-0.05, 0) is 48.5 Å². The summed E-state index contributed by atoms with van der Waals surface area (Å²) < 4.78 is 27.0. The molecule has 0 spiro atoms. The number of pyridine rings is 1. The Morgan fingerprint density at radius 3 is 2.36 bits per heavy atom. The first-order valence-electron chi connectivity index (χ1n) is 7.40. The minimum Gasteiger partial charge on any atom is -0.507 e. The third kappa shape index (κ3) is 4.21. The van der Waals surface area contributed by atoms with Crippen molar-refractivity contribution in [1.82, 2.24) is 4.98 Å². The summed E-state index contributed by atoms with van der Waals surface area (Å²) in [6.45, 7) is 0. The van der Waals surface area contributed by atoms with E-state index in [0.29, 0.717) is 11.3 Å². The van der Waals surface area contributed by atoms with E-state index in [0.717, 1.165) is 0 Å². The van der Waals surface area contributed by atoms with Crippen LogP contribution in [0.25, 0.3) is 0 Å². The number of benzene rings is 2. The number of hydrogen-bond donors (Lipinski definition) is 2. The lowest BCUT2D eigenvalue weighted by Crippen LogP contribution is -2.13. The highest BCUT2D eigenvalue weighted by molar-refractivity contribution is 7.92. The highest BCUT2D eigenvalue weighted by atomic mass is 32.2. The molecule has 0 fully saturated rings. The summed E-state index contributed by atoms with van der Waals surface area (Å²) >= 11 is 0. The van der Waals surface area contributed by atoms with Gasteiger partial charge in [-0.15, -0.1) is 0 Å². The molecule has 0 amide bonds. The molecule has 7 heteroatoms. The van der Waals surface area contributed by atoms with Gasteiger partial charge in [-0.2, -0.15) is 0 Å². The van der Waals surface area contributed by atoms with Crippen molar-refractivity contribution in [2.24, 2.45) is 4.99 Å². The summed E-state index contributed by atoms with van der Waals surface area (Å²) in [5, 5.41) is 9.69. The number of rotatable bonds is 5. The Morgan fingerprint density at radius 1 is 0.960 bits per heavy atom. The third-order valence-corrected chi connectivity index (χ3v) is 4.71. The fourth-order valence-electron chi connectivity index (χ4n) is 2.07. The maximum absolute atomic E-state index is 12.3. The van der Waals surface area contributed by atoms with Crippen LogP contribution in [0, 0.1) is 0 Å². The largest absolute Gasteiger partial charge is 0.507 e. The molecule has 3 aromatic rings. The SMILES string of the molecule is O=S(=O)(Nc1ccccn1)c1ccc(N=Cc2ccccc2O)cc1. The average Bonchev–Trinajstić information content (AvgIpc) is 2.62. The zero-order valence-corrected chi connectivity index (χ0v) is 13.9. The molecule has 0 radical (unpaired) electrons. The predicted molar refractivity (Wildman–Crippen MR) is 96.8 cm³/mol. The quantitative estimate of drug-likeness (QED) is 0.688. The second kappa shape index (κ2) is 7.14. The molecular weight excluding hydrogens is 338 g/mol. The Hall–Kier alpha value is -3.19. The number of sulfonamides is 1. The van der Waals surface area contributed by atoms with Crippen molar-refractivity contribution in [3.8, 4) is 5.75 Å². The number of phenols is 1. The fraction of sp³-hybridized carbons (Fsp3) is 0. The van der Waals surface area contributed by atoms with Crippen molar-refractivity contribution >= 4 is 27.7 Å². The van der Waals surface area contributed by atoms with Crippen molar-refractivity contribution in [3.63, 3.8) is 0 Å². The van der Waals surface area contributed by atoms with Gasteiger partial charge in [-0.3, -0.25) is 9.71 Å². The zero-order valence-electron chi connectivity index (χ0n) is 13.1. The van der Waals surface area contributed by atoms with Crippen molar-refractivity contribution in [2.45, 2.75) is 4.90 Å². The van der Waals surface area contributed by atoms with Crippen LogP contribution >= 0.6 is 0 Å². The van der Waals surface area contributed by atoms with E-state index < -0.39 is 10.0 Å². The van der Waals surface area contributed by atoms with Gasteiger partial charge in [0, 0.05) is 18.0 Å². The summed E-state index contributed by atoms with van der Waals surface area (Å²) in [5.41, 5.74) is 1.15. The minimum atomic E-state index is -3.71. The summed E-state index contributed by atoms with van der Waals surface area (Å²) in [6.07, 6.45) is 3.03. The van der Waals surface area contributed by atoms with E-state index in [1.54, 1.807) is 54.6 Å². The number of nitrogens with one attached hydrogen (secondary N) is 1. The molecule has 1 aromatic heterocycles. The van der Waals surface area contributed by atoms with Gasteiger partial charge >= 0.3 is 0 Å². The molecule has 0 aliphatic rings. The summed E-state index contributed by atoms with van der Waals surface area (Å²) in [7, 11) is -3.71. The molecule has 2 N–H and O–H groups in total. The van der Waals surface area contributed by atoms with E-state index in [-0.39, 0.29) is 16.5 Å². The maximum Gasteiger partial charge on any atom is 0.263 e. The van der Waals surface area contributed by atoms with E-state index in [1.807, 2.05) is 0 Å². The van der Waals surface area contributed by atoms with Gasteiger partial charge in [0.25, 0.3) is 10.0 Å². The number of anilines is 1. The van der Waals surface area contributed by atoms with E-state index in [1.165, 1.54) is 24.5 Å². The van der Waals surface area contributed by atoms with Crippen molar-refractivity contribution in [1.29, 1.82) is 0 Å². The van der Waals surface area contributed by atoms with E-state index in [9.17, 15) is 13.5 Å². The second-order valence-corrected chi connectivity index (χ2v) is 6.81. The smallest absolute Gasteiger partial charge is 0.263 e.